The van der Waals surface area contributed by atoms with Crippen LogP contribution in [-0.2, 0) is 0 Å². The van der Waals surface area contributed by atoms with Crippen LogP contribution in [0.3, 0.4) is 0 Å². The van der Waals surface area contributed by atoms with Crippen molar-refractivity contribution in [3.63, 3.8) is 0 Å². The van der Waals surface area contributed by atoms with E-state index >= 15 is 0 Å². The van der Waals surface area contributed by atoms with E-state index in [4.69, 9.17) is 9.47 Å². The molecule has 0 saturated carbocycles. The van der Waals surface area contributed by atoms with Gasteiger partial charge in [0.15, 0.2) is 0 Å². The van der Waals surface area contributed by atoms with Gasteiger partial charge in [-0.2, -0.15) is 0 Å². The number of aliphatic hydroxyl groups is 1. The molecule has 0 atom stereocenters. The van der Waals surface area contributed by atoms with E-state index in [0.717, 1.165) is 0 Å². The summed E-state index contributed by atoms with van der Waals surface area (Å²) < 4.78 is 11.3. The molecule has 0 bridgehead atoms. The van der Waals surface area contributed by atoms with Crippen molar-refractivity contribution < 1.29 is 24.2 Å². The summed E-state index contributed by atoms with van der Waals surface area (Å²) in [5, 5.41) is 15.5. The van der Waals surface area contributed by atoms with Crippen LogP contribution in [0.5, 0.6) is 11.5 Å². The molecule has 0 aromatic heterocycles. The average Bonchev–Trinajstić information content (AvgIpc) is 2.70. The number of aliphatic hydroxyl groups excluding tert-OH is 1. The number of hydrogen-bond acceptors (Lipinski definition) is 5. The molecule has 0 unspecified atom stereocenters. The number of amides is 2. The number of hydrogen-bond donors (Lipinski definition) is 3. The van der Waals surface area contributed by atoms with Gasteiger partial charge in [-0.1, -0.05) is 24.3 Å². The van der Waals surface area contributed by atoms with Crippen molar-refractivity contribution >= 4 is 11.8 Å². The molecular formula is C23H30N2O5. The maximum absolute atomic E-state index is 12.5. The first-order valence-electron chi connectivity index (χ1n) is 10.0. The van der Waals surface area contributed by atoms with E-state index in [1.807, 2.05) is 27.7 Å². The lowest BCUT2D eigenvalue weighted by Crippen LogP contribution is -2.40. The second-order valence-electron chi connectivity index (χ2n) is 7.40. The van der Waals surface area contributed by atoms with Crippen molar-refractivity contribution in [2.45, 2.75) is 46.0 Å². The van der Waals surface area contributed by atoms with Gasteiger partial charge in [0.05, 0.1) is 29.4 Å². The predicted octanol–water partition coefficient (Wildman–Crippen LogP) is 2.78. The SMILES string of the molecule is CC(C)Oc1ccccc1C(=O)NCC(O)CNC(=O)c1ccccc1OC(C)C. The van der Waals surface area contributed by atoms with Gasteiger partial charge in [0, 0.05) is 13.1 Å². The summed E-state index contributed by atoms with van der Waals surface area (Å²) in [4.78, 5) is 24.9. The van der Waals surface area contributed by atoms with Crippen LogP contribution < -0.4 is 20.1 Å². The fourth-order valence-corrected chi connectivity index (χ4v) is 2.71. The maximum Gasteiger partial charge on any atom is 0.255 e. The molecule has 2 rings (SSSR count). The number of rotatable bonds is 10. The van der Waals surface area contributed by atoms with E-state index in [2.05, 4.69) is 10.6 Å². The molecule has 0 fully saturated rings. The van der Waals surface area contributed by atoms with Crippen molar-refractivity contribution in [1.29, 1.82) is 0 Å². The number of benzene rings is 2. The Kier molecular flexibility index (Phi) is 8.68. The van der Waals surface area contributed by atoms with Gasteiger partial charge >= 0.3 is 0 Å². The van der Waals surface area contributed by atoms with E-state index < -0.39 is 6.10 Å². The van der Waals surface area contributed by atoms with Crippen molar-refractivity contribution in [1.82, 2.24) is 10.6 Å². The maximum atomic E-state index is 12.5. The lowest BCUT2D eigenvalue weighted by atomic mass is 10.1. The Morgan fingerprint density at radius 3 is 1.50 bits per heavy atom. The summed E-state index contributed by atoms with van der Waals surface area (Å²) in [5.41, 5.74) is 0.782. The molecule has 162 valence electrons. The fraction of sp³-hybridized carbons (Fsp3) is 0.391. The Morgan fingerprint density at radius 1 is 0.767 bits per heavy atom. The molecule has 0 heterocycles. The van der Waals surface area contributed by atoms with E-state index in [9.17, 15) is 14.7 Å². The third-order valence-corrected chi connectivity index (χ3v) is 3.99. The zero-order chi connectivity index (χ0) is 22.1. The molecule has 2 aromatic rings. The van der Waals surface area contributed by atoms with Crippen molar-refractivity contribution in [2.24, 2.45) is 0 Å². The smallest absolute Gasteiger partial charge is 0.255 e. The van der Waals surface area contributed by atoms with Crippen LogP contribution in [0.25, 0.3) is 0 Å². The van der Waals surface area contributed by atoms with Gasteiger partial charge in [0.25, 0.3) is 11.8 Å². The summed E-state index contributed by atoms with van der Waals surface area (Å²) in [6.07, 6.45) is -1.08. The highest BCUT2D eigenvalue weighted by atomic mass is 16.5. The lowest BCUT2D eigenvalue weighted by Gasteiger charge is -2.17. The molecule has 0 aliphatic carbocycles. The van der Waals surface area contributed by atoms with Gasteiger partial charge in [-0.15, -0.1) is 0 Å². The van der Waals surface area contributed by atoms with E-state index in [1.54, 1.807) is 48.5 Å². The van der Waals surface area contributed by atoms with Crippen LogP contribution >= 0.6 is 0 Å². The molecule has 0 aliphatic rings. The number of ether oxygens (including phenoxy) is 2. The largest absolute Gasteiger partial charge is 0.490 e. The Hall–Kier alpha value is -3.06. The summed E-state index contributed by atoms with van der Waals surface area (Å²) in [6.45, 7) is 7.49. The zero-order valence-corrected chi connectivity index (χ0v) is 17.8. The molecule has 0 saturated heterocycles. The van der Waals surface area contributed by atoms with Gasteiger partial charge in [-0.05, 0) is 52.0 Å². The van der Waals surface area contributed by atoms with Crippen LogP contribution in [-0.4, -0.2) is 48.3 Å². The minimum atomic E-state index is -0.950. The number of nitrogens with one attached hydrogen (secondary N) is 2. The Labute approximate surface area is 177 Å². The van der Waals surface area contributed by atoms with Crippen LogP contribution in [0.15, 0.2) is 48.5 Å². The third-order valence-electron chi connectivity index (χ3n) is 3.99. The zero-order valence-electron chi connectivity index (χ0n) is 17.8. The minimum Gasteiger partial charge on any atom is -0.490 e. The molecule has 2 aromatic carbocycles. The van der Waals surface area contributed by atoms with Crippen molar-refractivity contribution in [3.8, 4) is 11.5 Å². The molecule has 7 nitrogen and oxygen atoms in total. The normalized spacial score (nSPS) is 10.9. The van der Waals surface area contributed by atoms with Gasteiger partial charge in [-0.3, -0.25) is 9.59 Å². The highest BCUT2D eigenvalue weighted by molar-refractivity contribution is 5.97. The Morgan fingerprint density at radius 2 is 1.13 bits per heavy atom. The highest BCUT2D eigenvalue weighted by Crippen LogP contribution is 2.20. The Balaban J connectivity index is 1.88. The summed E-state index contributed by atoms with van der Waals surface area (Å²) in [7, 11) is 0. The monoisotopic (exact) mass is 414 g/mol. The predicted molar refractivity (Wildman–Crippen MR) is 115 cm³/mol. The molecule has 0 radical (unpaired) electrons. The fourth-order valence-electron chi connectivity index (χ4n) is 2.71. The van der Waals surface area contributed by atoms with E-state index in [1.165, 1.54) is 0 Å². The second-order valence-corrected chi connectivity index (χ2v) is 7.40. The van der Waals surface area contributed by atoms with Crippen LogP contribution in [0, 0.1) is 0 Å². The van der Waals surface area contributed by atoms with Gasteiger partial charge in [0.2, 0.25) is 0 Å². The first-order valence-corrected chi connectivity index (χ1v) is 10.0. The van der Waals surface area contributed by atoms with Gasteiger partial charge in [0.1, 0.15) is 11.5 Å². The summed E-state index contributed by atoms with van der Waals surface area (Å²) >= 11 is 0. The topological polar surface area (TPSA) is 96.9 Å². The van der Waals surface area contributed by atoms with Gasteiger partial charge < -0.3 is 25.2 Å². The molecule has 0 spiro atoms. The first-order chi connectivity index (χ1) is 14.3. The molecule has 2 amide bonds. The highest BCUT2D eigenvalue weighted by Gasteiger charge is 2.17. The summed E-state index contributed by atoms with van der Waals surface area (Å²) in [6, 6.07) is 13.8. The molecular weight excluding hydrogens is 384 g/mol. The molecule has 30 heavy (non-hydrogen) atoms. The molecule has 0 aliphatic heterocycles. The van der Waals surface area contributed by atoms with E-state index in [0.29, 0.717) is 22.6 Å². The van der Waals surface area contributed by atoms with Crippen molar-refractivity contribution in [2.75, 3.05) is 13.1 Å². The third kappa shape index (κ3) is 7.08. The minimum absolute atomic E-state index is 0.0146. The quantitative estimate of drug-likeness (QED) is 0.556. The van der Waals surface area contributed by atoms with Crippen molar-refractivity contribution in [3.05, 3.63) is 59.7 Å². The van der Waals surface area contributed by atoms with Crippen LogP contribution in [0.2, 0.25) is 0 Å². The number of carbonyl (C=O) groups excluding carboxylic acids is 2. The standard InChI is InChI=1S/C23H30N2O5/c1-15(2)29-20-11-7-5-9-18(20)22(27)24-13-17(26)14-25-23(28)19-10-6-8-12-21(19)30-16(3)4/h5-12,15-17,26H,13-14H2,1-4H3,(H,24,27)(H,25,28). The summed E-state index contributed by atoms with van der Waals surface area (Å²) in [5.74, 6) is 0.253. The van der Waals surface area contributed by atoms with Crippen LogP contribution in [0.1, 0.15) is 48.4 Å². The number of carbonyl (C=O) groups is 2. The lowest BCUT2D eigenvalue weighted by molar-refractivity contribution is 0.0880. The van der Waals surface area contributed by atoms with Crippen LogP contribution in [0.4, 0.5) is 0 Å². The van der Waals surface area contributed by atoms with E-state index in [-0.39, 0.29) is 37.1 Å². The first kappa shape index (κ1) is 23.2. The average molecular weight is 415 g/mol. The number of para-hydroxylation sites is 2. The Bertz CT molecular complexity index is 781. The molecule has 7 heteroatoms. The second kappa shape index (κ2) is 11.2. The molecule has 3 N–H and O–H groups in total. The van der Waals surface area contributed by atoms with Gasteiger partial charge in [-0.25, -0.2) is 0 Å².